The summed E-state index contributed by atoms with van der Waals surface area (Å²) in [5, 5.41) is 4.10. The molecule has 0 radical (unpaired) electrons. The van der Waals surface area contributed by atoms with Crippen LogP contribution in [0.1, 0.15) is 44.0 Å². The summed E-state index contributed by atoms with van der Waals surface area (Å²) in [7, 11) is 0. The summed E-state index contributed by atoms with van der Waals surface area (Å²) in [5.74, 6) is 0.155. The van der Waals surface area contributed by atoms with Crippen LogP contribution in [0.4, 0.5) is 5.69 Å². The Morgan fingerprint density at radius 2 is 2.11 bits per heavy atom. The van der Waals surface area contributed by atoms with Gasteiger partial charge in [0, 0.05) is 11.6 Å². The third-order valence-corrected chi connectivity index (χ3v) is 4.26. The Morgan fingerprint density at radius 3 is 2.63 bits per heavy atom. The zero-order valence-corrected chi connectivity index (χ0v) is 12.4. The maximum atomic E-state index is 11.2. The lowest BCUT2D eigenvalue weighted by Gasteiger charge is -2.21. The van der Waals surface area contributed by atoms with Gasteiger partial charge in [-0.3, -0.25) is 4.79 Å². The molecule has 1 fully saturated rings. The molecule has 1 saturated carbocycles. The van der Waals surface area contributed by atoms with Gasteiger partial charge in [-0.2, -0.15) is 0 Å². The van der Waals surface area contributed by atoms with Gasteiger partial charge in [-0.1, -0.05) is 32.4 Å². The van der Waals surface area contributed by atoms with Gasteiger partial charge in [0.15, 0.2) is 0 Å². The lowest BCUT2D eigenvalue weighted by atomic mass is 9.91. The Morgan fingerprint density at radius 1 is 1.42 bits per heavy atom. The lowest BCUT2D eigenvalue weighted by Crippen LogP contribution is -2.23. The quantitative estimate of drug-likeness (QED) is 0.887. The van der Waals surface area contributed by atoms with E-state index in [0.717, 1.165) is 12.1 Å². The van der Waals surface area contributed by atoms with E-state index in [1.54, 1.807) is 18.2 Å². The van der Waals surface area contributed by atoms with Crippen molar-refractivity contribution >= 4 is 23.2 Å². The molecular formula is C15H21ClN2O. The second kappa shape index (κ2) is 5.04. The molecule has 1 aromatic carbocycles. The number of primary amides is 1. The highest BCUT2D eigenvalue weighted by Crippen LogP contribution is 2.42. The molecule has 3 nitrogen and oxygen atoms in total. The molecule has 0 spiro atoms. The van der Waals surface area contributed by atoms with Crippen molar-refractivity contribution < 1.29 is 4.79 Å². The van der Waals surface area contributed by atoms with E-state index in [2.05, 4.69) is 26.1 Å². The molecule has 3 N–H and O–H groups in total. The highest BCUT2D eigenvalue weighted by atomic mass is 35.5. The Bertz CT molecular complexity index is 499. The van der Waals surface area contributed by atoms with Crippen LogP contribution in [0.3, 0.4) is 0 Å². The SMILES string of the molecule is CC1CC(C)(C)CC1Nc1cc(C(N)=O)ccc1Cl. The van der Waals surface area contributed by atoms with E-state index < -0.39 is 5.91 Å². The van der Waals surface area contributed by atoms with E-state index in [1.807, 2.05) is 0 Å². The van der Waals surface area contributed by atoms with Crippen molar-refractivity contribution in [2.45, 2.75) is 39.7 Å². The fourth-order valence-corrected chi connectivity index (χ4v) is 3.25. The first kappa shape index (κ1) is 14.2. The van der Waals surface area contributed by atoms with Crippen molar-refractivity contribution in [3.63, 3.8) is 0 Å². The van der Waals surface area contributed by atoms with Gasteiger partial charge >= 0.3 is 0 Å². The van der Waals surface area contributed by atoms with E-state index in [9.17, 15) is 4.79 Å². The van der Waals surface area contributed by atoms with Crippen LogP contribution in [0.5, 0.6) is 0 Å². The topological polar surface area (TPSA) is 55.1 Å². The van der Waals surface area contributed by atoms with E-state index >= 15 is 0 Å². The fraction of sp³-hybridized carbons (Fsp3) is 0.533. The molecule has 0 aromatic heterocycles. The minimum Gasteiger partial charge on any atom is -0.381 e. The Labute approximate surface area is 119 Å². The standard InChI is InChI=1S/C15H21ClN2O/c1-9-7-15(2,3)8-13(9)18-12-6-10(14(17)19)4-5-11(12)16/h4-6,9,13,18H,7-8H2,1-3H3,(H2,17,19). The Kier molecular flexibility index (Phi) is 3.77. The molecule has 4 heteroatoms. The number of hydrogen-bond donors (Lipinski definition) is 2. The maximum absolute atomic E-state index is 11.2. The predicted octanol–water partition coefficient (Wildman–Crippen LogP) is 3.68. The van der Waals surface area contributed by atoms with Crippen LogP contribution in [-0.2, 0) is 0 Å². The summed E-state index contributed by atoms with van der Waals surface area (Å²) in [5.41, 5.74) is 6.94. The van der Waals surface area contributed by atoms with Crippen LogP contribution >= 0.6 is 11.6 Å². The number of hydrogen-bond acceptors (Lipinski definition) is 2. The van der Waals surface area contributed by atoms with Gasteiger partial charge in [0.1, 0.15) is 0 Å². The zero-order valence-electron chi connectivity index (χ0n) is 11.7. The summed E-state index contributed by atoms with van der Waals surface area (Å²) in [6.07, 6.45) is 2.29. The second-order valence-corrected chi connectivity index (χ2v) is 6.77. The average Bonchev–Trinajstić information content (AvgIpc) is 2.54. The minimum absolute atomic E-state index is 0.352. The number of halogens is 1. The fourth-order valence-electron chi connectivity index (χ4n) is 3.08. The average molecular weight is 281 g/mol. The number of anilines is 1. The first-order valence-electron chi connectivity index (χ1n) is 6.64. The first-order chi connectivity index (χ1) is 8.78. The van der Waals surface area contributed by atoms with Crippen molar-refractivity contribution in [1.29, 1.82) is 0 Å². The van der Waals surface area contributed by atoms with Crippen molar-refractivity contribution in [3.8, 4) is 0 Å². The Hall–Kier alpha value is -1.22. The third-order valence-electron chi connectivity index (χ3n) is 3.93. The molecule has 1 aliphatic rings. The van der Waals surface area contributed by atoms with E-state index in [1.165, 1.54) is 6.42 Å². The molecule has 2 rings (SSSR count). The predicted molar refractivity (Wildman–Crippen MR) is 79.6 cm³/mol. The normalized spacial score (nSPS) is 25.3. The first-order valence-corrected chi connectivity index (χ1v) is 7.02. The lowest BCUT2D eigenvalue weighted by molar-refractivity contribution is 0.100. The van der Waals surface area contributed by atoms with Crippen LogP contribution in [0.15, 0.2) is 18.2 Å². The van der Waals surface area contributed by atoms with Gasteiger partial charge in [0.05, 0.1) is 10.7 Å². The smallest absolute Gasteiger partial charge is 0.248 e. The number of nitrogens with two attached hydrogens (primary N) is 1. The van der Waals surface area contributed by atoms with Crippen LogP contribution in [0.2, 0.25) is 5.02 Å². The van der Waals surface area contributed by atoms with Crippen LogP contribution in [0, 0.1) is 11.3 Å². The van der Waals surface area contributed by atoms with Gasteiger partial charge in [-0.05, 0) is 42.4 Å². The molecule has 0 saturated heterocycles. The van der Waals surface area contributed by atoms with Gasteiger partial charge in [-0.15, -0.1) is 0 Å². The van der Waals surface area contributed by atoms with Gasteiger partial charge in [-0.25, -0.2) is 0 Å². The van der Waals surface area contributed by atoms with Gasteiger partial charge in [0.2, 0.25) is 5.91 Å². The number of carbonyl (C=O) groups is 1. The zero-order chi connectivity index (χ0) is 14.2. The number of rotatable bonds is 3. The molecule has 0 heterocycles. The van der Waals surface area contributed by atoms with Crippen molar-refractivity contribution in [2.75, 3.05) is 5.32 Å². The number of amides is 1. The monoisotopic (exact) mass is 280 g/mol. The highest BCUT2D eigenvalue weighted by molar-refractivity contribution is 6.33. The maximum Gasteiger partial charge on any atom is 0.248 e. The van der Waals surface area contributed by atoms with Crippen LogP contribution < -0.4 is 11.1 Å². The van der Waals surface area contributed by atoms with E-state index in [-0.39, 0.29) is 0 Å². The highest BCUT2D eigenvalue weighted by Gasteiger charge is 2.36. The van der Waals surface area contributed by atoms with Gasteiger partial charge in [0.25, 0.3) is 0 Å². The molecule has 2 atom stereocenters. The molecule has 1 amide bonds. The number of nitrogens with one attached hydrogen (secondary N) is 1. The minimum atomic E-state index is -0.431. The van der Waals surface area contributed by atoms with Crippen molar-refractivity contribution in [3.05, 3.63) is 28.8 Å². The van der Waals surface area contributed by atoms with Crippen LogP contribution in [-0.4, -0.2) is 11.9 Å². The third kappa shape index (κ3) is 3.21. The molecular weight excluding hydrogens is 260 g/mol. The van der Waals surface area contributed by atoms with E-state index in [0.29, 0.717) is 28.0 Å². The summed E-state index contributed by atoms with van der Waals surface area (Å²) in [6, 6.07) is 5.49. The largest absolute Gasteiger partial charge is 0.381 e. The molecule has 0 aliphatic heterocycles. The molecule has 19 heavy (non-hydrogen) atoms. The van der Waals surface area contributed by atoms with Crippen LogP contribution in [0.25, 0.3) is 0 Å². The summed E-state index contributed by atoms with van der Waals surface area (Å²) < 4.78 is 0. The summed E-state index contributed by atoms with van der Waals surface area (Å²) in [6.45, 7) is 6.82. The molecule has 104 valence electrons. The second-order valence-electron chi connectivity index (χ2n) is 6.36. The summed E-state index contributed by atoms with van der Waals surface area (Å²) in [4.78, 5) is 11.2. The van der Waals surface area contributed by atoms with Crippen molar-refractivity contribution in [1.82, 2.24) is 0 Å². The molecule has 1 aliphatic carbocycles. The molecule has 2 unspecified atom stereocenters. The number of benzene rings is 1. The van der Waals surface area contributed by atoms with E-state index in [4.69, 9.17) is 17.3 Å². The number of carbonyl (C=O) groups excluding carboxylic acids is 1. The molecule has 0 bridgehead atoms. The Balaban J connectivity index is 2.19. The van der Waals surface area contributed by atoms with Gasteiger partial charge < -0.3 is 11.1 Å². The molecule has 1 aromatic rings. The van der Waals surface area contributed by atoms with Crippen molar-refractivity contribution in [2.24, 2.45) is 17.1 Å². The summed E-state index contributed by atoms with van der Waals surface area (Å²) >= 11 is 6.18.